The molecule has 0 aromatic heterocycles. The van der Waals surface area contributed by atoms with Gasteiger partial charge in [0.05, 0.1) is 0 Å². The van der Waals surface area contributed by atoms with Gasteiger partial charge in [-0.3, -0.25) is 0 Å². The predicted octanol–water partition coefficient (Wildman–Crippen LogP) is 13.6. The van der Waals surface area contributed by atoms with Gasteiger partial charge in [0.15, 0.2) is 0 Å². The molecule has 0 heterocycles. The number of hydrogen-bond donors (Lipinski definition) is 0. The van der Waals surface area contributed by atoms with Crippen molar-refractivity contribution in [2.24, 2.45) is 0 Å². The molecule has 0 saturated heterocycles. The zero-order valence-corrected chi connectivity index (χ0v) is 27.7. The maximum atomic E-state index is 2.48. The zero-order chi connectivity index (χ0) is 32.7. The van der Waals surface area contributed by atoms with Crippen LogP contribution in [0, 0.1) is 0 Å². The van der Waals surface area contributed by atoms with E-state index in [4.69, 9.17) is 0 Å². The summed E-state index contributed by atoms with van der Waals surface area (Å²) in [4.78, 5) is 0. The second kappa shape index (κ2) is 10.5. The summed E-state index contributed by atoms with van der Waals surface area (Å²) < 4.78 is 0. The lowest BCUT2D eigenvalue weighted by Gasteiger charge is -2.24. The predicted molar refractivity (Wildman–Crippen MR) is 210 cm³/mol. The molecule has 0 atom stereocenters. The Morgan fingerprint density at radius 1 is 0.327 bits per heavy atom. The number of fused-ring (bicyclic) bond motifs is 8. The molecule has 0 N–H and O–H groups in total. The summed E-state index contributed by atoms with van der Waals surface area (Å²) in [5, 5.41) is 10.3. The van der Waals surface area contributed by atoms with Crippen molar-refractivity contribution in [2.75, 3.05) is 0 Å². The molecular formula is C49H34. The topological polar surface area (TPSA) is 0 Å². The fourth-order valence-electron chi connectivity index (χ4n) is 8.90. The fourth-order valence-corrected chi connectivity index (χ4v) is 8.90. The first-order chi connectivity index (χ1) is 24.1. The van der Waals surface area contributed by atoms with Crippen LogP contribution in [0.1, 0.15) is 25.0 Å². The molecule has 0 saturated carbocycles. The lowest BCUT2D eigenvalue weighted by Crippen LogP contribution is -2.15. The highest BCUT2D eigenvalue weighted by Gasteiger charge is 2.37. The van der Waals surface area contributed by atoms with Crippen LogP contribution in [0.2, 0.25) is 0 Å². The van der Waals surface area contributed by atoms with Gasteiger partial charge in [-0.2, -0.15) is 0 Å². The van der Waals surface area contributed by atoms with Gasteiger partial charge in [0.2, 0.25) is 0 Å². The average molecular weight is 623 g/mol. The normalized spacial score (nSPS) is 13.3. The average Bonchev–Trinajstić information content (AvgIpc) is 3.39. The van der Waals surface area contributed by atoms with E-state index in [0.29, 0.717) is 0 Å². The summed E-state index contributed by atoms with van der Waals surface area (Å²) in [5.74, 6) is 0. The van der Waals surface area contributed by atoms with E-state index in [9.17, 15) is 0 Å². The van der Waals surface area contributed by atoms with Gasteiger partial charge in [0.1, 0.15) is 0 Å². The molecule has 49 heavy (non-hydrogen) atoms. The van der Waals surface area contributed by atoms with Crippen molar-refractivity contribution in [3.05, 3.63) is 181 Å². The van der Waals surface area contributed by atoms with E-state index >= 15 is 0 Å². The molecule has 0 bridgehead atoms. The molecule has 0 heteroatoms. The zero-order valence-electron chi connectivity index (χ0n) is 27.7. The van der Waals surface area contributed by atoms with E-state index in [-0.39, 0.29) is 5.41 Å². The Morgan fingerprint density at radius 2 is 0.857 bits per heavy atom. The van der Waals surface area contributed by atoms with Gasteiger partial charge in [-0.05, 0) is 117 Å². The molecule has 1 aliphatic rings. The fraction of sp³-hybridized carbons (Fsp3) is 0.0612. The number of benzene rings is 9. The van der Waals surface area contributed by atoms with Crippen molar-refractivity contribution in [1.82, 2.24) is 0 Å². The van der Waals surface area contributed by atoms with Gasteiger partial charge in [-0.1, -0.05) is 166 Å². The monoisotopic (exact) mass is 622 g/mol. The Hall–Kier alpha value is -5.98. The molecule has 0 radical (unpaired) electrons. The minimum absolute atomic E-state index is 0.0725. The van der Waals surface area contributed by atoms with Gasteiger partial charge in [-0.25, -0.2) is 0 Å². The summed E-state index contributed by atoms with van der Waals surface area (Å²) >= 11 is 0. The van der Waals surface area contributed by atoms with Crippen molar-refractivity contribution in [1.29, 1.82) is 0 Å². The van der Waals surface area contributed by atoms with Gasteiger partial charge in [0.25, 0.3) is 0 Å². The van der Waals surface area contributed by atoms with Crippen LogP contribution in [0.3, 0.4) is 0 Å². The molecule has 0 unspecified atom stereocenters. The highest BCUT2D eigenvalue weighted by atomic mass is 14.4. The first-order valence-electron chi connectivity index (χ1n) is 17.3. The Balaban J connectivity index is 1.33. The molecule has 10 rings (SSSR count). The molecule has 0 amide bonds. The Labute approximate surface area is 286 Å². The van der Waals surface area contributed by atoms with Crippen LogP contribution in [-0.2, 0) is 5.41 Å². The highest BCUT2D eigenvalue weighted by Crippen LogP contribution is 2.54. The van der Waals surface area contributed by atoms with Crippen LogP contribution < -0.4 is 0 Å². The molecular weight excluding hydrogens is 589 g/mol. The molecule has 0 spiro atoms. The van der Waals surface area contributed by atoms with Crippen LogP contribution in [0.5, 0.6) is 0 Å². The SMILES string of the molecule is CC1(C)c2ccccc2-c2cc(-c3cc(-c4c5ccccc5c(-c5ccccc5)c5ccccc45)c4ccccc4c3)c3ccccc3c21. The highest BCUT2D eigenvalue weighted by molar-refractivity contribution is 6.24. The maximum absolute atomic E-state index is 2.48. The van der Waals surface area contributed by atoms with E-state index in [1.165, 1.54) is 98.7 Å². The van der Waals surface area contributed by atoms with E-state index in [1.807, 2.05) is 0 Å². The third-order valence-electron chi connectivity index (χ3n) is 11.0. The van der Waals surface area contributed by atoms with Crippen molar-refractivity contribution in [3.63, 3.8) is 0 Å². The van der Waals surface area contributed by atoms with Gasteiger partial charge in [-0.15, -0.1) is 0 Å². The van der Waals surface area contributed by atoms with Crippen LogP contribution in [0.25, 0.3) is 87.6 Å². The molecule has 9 aromatic carbocycles. The lowest BCUT2D eigenvalue weighted by atomic mass is 9.79. The van der Waals surface area contributed by atoms with E-state index in [1.54, 1.807) is 0 Å². The summed E-state index contributed by atoms with van der Waals surface area (Å²) in [5.41, 5.74) is 13.1. The minimum Gasteiger partial charge on any atom is -0.0622 e. The molecule has 1 aliphatic carbocycles. The third kappa shape index (κ3) is 4.04. The van der Waals surface area contributed by atoms with Crippen molar-refractivity contribution < 1.29 is 0 Å². The first kappa shape index (κ1) is 28.1. The van der Waals surface area contributed by atoms with Crippen LogP contribution in [0.15, 0.2) is 170 Å². The Bertz CT molecular complexity index is 2720. The van der Waals surface area contributed by atoms with Crippen molar-refractivity contribution in [2.45, 2.75) is 19.3 Å². The first-order valence-corrected chi connectivity index (χ1v) is 17.3. The molecule has 0 fully saturated rings. The summed E-state index contributed by atoms with van der Waals surface area (Å²) in [6.45, 7) is 4.76. The minimum atomic E-state index is -0.0725. The van der Waals surface area contributed by atoms with Gasteiger partial charge >= 0.3 is 0 Å². The quantitative estimate of drug-likeness (QED) is 0.172. The smallest absolute Gasteiger partial charge is 0.0165 e. The van der Waals surface area contributed by atoms with Gasteiger partial charge < -0.3 is 0 Å². The van der Waals surface area contributed by atoms with Crippen molar-refractivity contribution in [3.8, 4) is 44.5 Å². The molecule has 0 aliphatic heterocycles. The van der Waals surface area contributed by atoms with E-state index in [2.05, 4.69) is 184 Å². The second-order valence-corrected chi connectivity index (χ2v) is 14.0. The summed E-state index contributed by atoms with van der Waals surface area (Å²) in [6, 6.07) is 63.1. The second-order valence-electron chi connectivity index (χ2n) is 14.0. The third-order valence-corrected chi connectivity index (χ3v) is 11.0. The maximum Gasteiger partial charge on any atom is 0.0165 e. The summed E-state index contributed by atoms with van der Waals surface area (Å²) in [6.07, 6.45) is 0. The standard InChI is InChI=1S/C49H34/c1-49(2)45-27-15-14-21-36(45)44-30-42(35-20-8-13-26-41(35)48(44)49)33-28-32-18-6-7-19-34(32)43(29-33)47-39-24-11-9-22-37(39)46(31-16-4-3-5-17-31)38-23-10-12-25-40(38)47/h3-30H,1-2H3. The van der Waals surface area contributed by atoms with E-state index in [0.717, 1.165) is 0 Å². The number of rotatable bonds is 3. The largest absolute Gasteiger partial charge is 0.0622 e. The van der Waals surface area contributed by atoms with Crippen LogP contribution in [0.4, 0.5) is 0 Å². The lowest BCUT2D eigenvalue weighted by molar-refractivity contribution is 0.666. The molecule has 9 aromatic rings. The number of hydrogen-bond acceptors (Lipinski definition) is 0. The molecule has 230 valence electrons. The Morgan fingerprint density at radius 3 is 1.55 bits per heavy atom. The van der Waals surface area contributed by atoms with Crippen molar-refractivity contribution >= 4 is 43.1 Å². The van der Waals surface area contributed by atoms with E-state index < -0.39 is 0 Å². The van der Waals surface area contributed by atoms with Crippen LogP contribution in [-0.4, -0.2) is 0 Å². The Kier molecular flexibility index (Phi) is 6.02. The summed E-state index contributed by atoms with van der Waals surface area (Å²) in [7, 11) is 0. The van der Waals surface area contributed by atoms with Gasteiger partial charge in [0, 0.05) is 5.41 Å². The van der Waals surface area contributed by atoms with Crippen LogP contribution >= 0.6 is 0 Å². The molecule has 0 nitrogen and oxygen atoms in total.